The van der Waals surface area contributed by atoms with E-state index in [1.807, 2.05) is 27.7 Å². The maximum Gasteiger partial charge on any atom is 0.239 e. The highest BCUT2D eigenvalue weighted by Gasteiger charge is 2.25. The van der Waals surface area contributed by atoms with Gasteiger partial charge in [0, 0.05) is 18.8 Å². The lowest BCUT2D eigenvalue weighted by Gasteiger charge is -2.26. The first-order valence-electron chi connectivity index (χ1n) is 8.42. The van der Waals surface area contributed by atoms with Crippen LogP contribution in [0.4, 0.5) is 5.69 Å². The summed E-state index contributed by atoms with van der Waals surface area (Å²) in [5, 5.41) is 2.52. The van der Waals surface area contributed by atoms with Crippen molar-refractivity contribution < 1.29 is 18.0 Å². The molecule has 7 heteroatoms. The summed E-state index contributed by atoms with van der Waals surface area (Å²) in [7, 11) is -3.82. The van der Waals surface area contributed by atoms with Crippen molar-refractivity contribution in [3.8, 4) is 0 Å². The second-order valence-electron chi connectivity index (χ2n) is 7.03. The fraction of sp³-hybridized carbons (Fsp3) is 0.556. The highest BCUT2D eigenvalue weighted by Crippen LogP contribution is 2.08. The van der Waals surface area contributed by atoms with E-state index in [1.165, 1.54) is 0 Å². The summed E-state index contributed by atoms with van der Waals surface area (Å²) in [5.41, 5.74) is 0.523. The van der Waals surface area contributed by atoms with Crippen molar-refractivity contribution in [3.63, 3.8) is 0 Å². The molecule has 0 heterocycles. The van der Waals surface area contributed by atoms with Gasteiger partial charge in [0.15, 0.2) is 9.84 Å². The van der Waals surface area contributed by atoms with E-state index in [4.69, 9.17) is 0 Å². The zero-order valence-corrected chi connectivity index (χ0v) is 16.2. The van der Waals surface area contributed by atoms with Crippen LogP contribution in [-0.2, 0) is 19.4 Å². The molecule has 1 aromatic rings. The first-order valence-corrected chi connectivity index (χ1v) is 10.2. The third kappa shape index (κ3) is 8.67. The molecule has 1 N–H and O–H groups in total. The van der Waals surface area contributed by atoms with E-state index >= 15 is 0 Å². The molecule has 0 saturated carbocycles. The van der Waals surface area contributed by atoms with Crippen LogP contribution in [-0.4, -0.2) is 49.7 Å². The predicted molar refractivity (Wildman–Crippen MR) is 100.0 cm³/mol. The molecule has 2 amide bonds. The summed E-state index contributed by atoms with van der Waals surface area (Å²) in [4.78, 5) is 25.9. The number of benzene rings is 1. The van der Waals surface area contributed by atoms with Gasteiger partial charge in [0.25, 0.3) is 0 Å². The minimum Gasteiger partial charge on any atom is -0.341 e. The van der Waals surface area contributed by atoms with Gasteiger partial charge in [-0.25, -0.2) is 8.42 Å². The molecule has 25 heavy (non-hydrogen) atoms. The van der Waals surface area contributed by atoms with Crippen LogP contribution >= 0.6 is 0 Å². The van der Waals surface area contributed by atoms with Crippen LogP contribution in [0.2, 0.25) is 0 Å². The summed E-state index contributed by atoms with van der Waals surface area (Å²) < 4.78 is 24.4. The fourth-order valence-corrected chi connectivity index (χ4v) is 3.54. The zero-order chi connectivity index (χ0) is 19.0. The van der Waals surface area contributed by atoms with Crippen molar-refractivity contribution in [2.45, 2.75) is 27.7 Å². The van der Waals surface area contributed by atoms with Gasteiger partial charge >= 0.3 is 0 Å². The quantitative estimate of drug-likeness (QED) is 0.724. The Morgan fingerprint density at radius 2 is 1.48 bits per heavy atom. The lowest BCUT2D eigenvalue weighted by molar-refractivity contribution is -0.129. The normalized spacial score (nSPS) is 11.6. The number of nitrogens with zero attached hydrogens (tertiary/aromatic N) is 1. The Morgan fingerprint density at radius 1 is 0.960 bits per heavy atom. The third-order valence-corrected chi connectivity index (χ3v) is 4.66. The van der Waals surface area contributed by atoms with Crippen molar-refractivity contribution in [1.29, 1.82) is 0 Å². The van der Waals surface area contributed by atoms with E-state index in [1.54, 1.807) is 35.2 Å². The first-order chi connectivity index (χ1) is 11.6. The van der Waals surface area contributed by atoms with Crippen LogP contribution in [0, 0.1) is 11.8 Å². The number of hydrogen-bond acceptors (Lipinski definition) is 4. The number of carbonyl (C=O) groups excluding carboxylic acids is 2. The second kappa shape index (κ2) is 9.56. The summed E-state index contributed by atoms with van der Waals surface area (Å²) in [6, 6.07) is 8.61. The molecule has 0 bridgehead atoms. The molecule has 0 radical (unpaired) electrons. The van der Waals surface area contributed by atoms with E-state index in [9.17, 15) is 18.0 Å². The van der Waals surface area contributed by atoms with Gasteiger partial charge in [-0.2, -0.15) is 0 Å². The van der Waals surface area contributed by atoms with Gasteiger partial charge in [0.2, 0.25) is 11.8 Å². The van der Waals surface area contributed by atoms with Gasteiger partial charge < -0.3 is 10.2 Å². The van der Waals surface area contributed by atoms with Crippen LogP contribution in [0.5, 0.6) is 0 Å². The lowest BCUT2D eigenvalue weighted by Crippen LogP contribution is -2.41. The molecule has 140 valence electrons. The Morgan fingerprint density at radius 3 is 1.96 bits per heavy atom. The van der Waals surface area contributed by atoms with E-state index < -0.39 is 33.2 Å². The van der Waals surface area contributed by atoms with E-state index in [0.29, 0.717) is 18.8 Å². The maximum absolute atomic E-state index is 12.4. The number of sulfone groups is 1. The molecule has 0 aliphatic carbocycles. The maximum atomic E-state index is 12.4. The monoisotopic (exact) mass is 368 g/mol. The number of hydrogen-bond donors (Lipinski definition) is 1. The molecule has 1 rings (SSSR count). The first kappa shape index (κ1) is 21.2. The highest BCUT2D eigenvalue weighted by molar-refractivity contribution is 7.92. The van der Waals surface area contributed by atoms with Crippen LogP contribution < -0.4 is 5.32 Å². The Kier molecular flexibility index (Phi) is 8.09. The lowest BCUT2D eigenvalue weighted by atomic mass is 10.1. The third-order valence-electron chi connectivity index (χ3n) is 3.28. The number of anilines is 1. The molecule has 6 nitrogen and oxygen atoms in total. The van der Waals surface area contributed by atoms with Gasteiger partial charge in [-0.3, -0.25) is 9.59 Å². The SMILES string of the molecule is CC(C)CN(CC(C)C)C(=O)CS(=O)(=O)CC(=O)Nc1ccccc1. The Labute approximate surface area is 150 Å². The Balaban J connectivity index is 2.67. The van der Waals surface area contributed by atoms with Gasteiger partial charge in [-0.15, -0.1) is 0 Å². The van der Waals surface area contributed by atoms with Crippen LogP contribution in [0.3, 0.4) is 0 Å². The zero-order valence-electron chi connectivity index (χ0n) is 15.4. The Bertz CT molecular complexity index is 660. The van der Waals surface area contributed by atoms with Crippen molar-refractivity contribution >= 4 is 27.3 Å². The van der Waals surface area contributed by atoms with Crippen LogP contribution in [0.15, 0.2) is 30.3 Å². The van der Waals surface area contributed by atoms with Crippen molar-refractivity contribution in [1.82, 2.24) is 4.90 Å². The Hall–Kier alpha value is -1.89. The van der Waals surface area contributed by atoms with Crippen molar-refractivity contribution in [3.05, 3.63) is 30.3 Å². The van der Waals surface area contributed by atoms with Crippen molar-refractivity contribution in [2.24, 2.45) is 11.8 Å². The molecule has 0 spiro atoms. The molecule has 0 aliphatic rings. The number of amides is 2. The second-order valence-corrected chi connectivity index (χ2v) is 9.10. The topological polar surface area (TPSA) is 83.6 Å². The minimum absolute atomic E-state index is 0.242. The van der Waals surface area contributed by atoms with Gasteiger partial charge in [-0.05, 0) is 24.0 Å². The van der Waals surface area contributed by atoms with Crippen LogP contribution in [0.25, 0.3) is 0 Å². The largest absolute Gasteiger partial charge is 0.341 e. The summed E-state index contributed by atoms with van der Waals surface area (Å²) in [6.07, 6.45) is 0. The smallest absolute Gasteiger partial charge is 0.239 e. The molecule has 1 aromatic carbocycles. The molecule has 0 atom stereocenters. The minimum atomic E-state index is -3.82. The summed E-state index contributed by atoms with van der Waals surface area (Å²) in [5.74, 6) is -1.95. The van der Waals surface area contributed by atoms with Gasteiger partial charge in [0.1, 0.15) is 11.5 Å². The highest BCUT2D eigenvalue weighted by atomic mass is 32.2. The standard InChI is InChI=1S/C18H28N2O4S/c1-14(2)10-20(11-15(3)4)18(22)13-25(23,24)12-17(21)19-16-8-6-5-7-9-16/h5-9,14-15H,10-13H2,1-4H3,(H,19,21). The average molecular weight is 368 g/mol. The number of carbonyl (C=O) groups is 2. The average Bonchev–Trinajstić information content (AvgIpc) is 2.45. The van der Waals surface area contributed by atoms with Gasteiger partial charge in [-0.1, -0.05) is 45.9 Å². The summed E-state index contributed by atoms with van der Waals surface area (Å²) >= 11 is 0. The summed E-state index contributed by atoms with van der Waals surface area (Å²) in [6.45, 7) is 8.90. The van der Waals surface area contributed by atoms with E-state index in [-0.39, 0.29) is 11.8 Å². The molecular weight excluding hydrogens is 340 g/mol. The van der Waals surface area contributed by atoms with Crippen molar-refractivity contribution in [2.75, 3.05) is 29.9 Å². The molecular formula is C18H28N2O4S. The molecule has 0 saturated heterocycles. The molecule has 0 aromatic heterocycles. The number of rotatable bonds is 9. The number of para-hydroxylation sites is 1. The molecule has 0 aliphatic heterocycles. The molecule has 0 fully saturated rings. The fourth-order valence-electron chi connectivity index (χ4n) is 2.41. The van der Waals surface area contributed by atoms with E-state index in [0.717, 1.165) is 0 Å². The van der Waals surface area contributed by atoms with Crippen LogP contribution in [0.1, 0.15) is 27.7 Å². The number of nitrogens with one attached hydrogen (secondary N) is 1. The van der Waals surface area contributed by atoms with E-state index in [2.05, 4.69) is 5.32 Å². The predicted octanol–water partition coefficient (Wildman–Crippen LogP) is 2.18. The molecule has 0 unspecified atom stereocenters. The van der Waals surface area contributed by atoms with Gasteiger partial charge in [0.05, 0.1) is 0 Å².